The van der Waals surface area contributed by atoms with E-state index in [9.17, 15) is 4.79 Å². The molecule has 2 aromatic rings. The van der Waals surface area contributed by atoms with Crippen LogP contribution in [0.5, 0.6) is 0 Å². The average molecular weight is 325 g/mol. The number of hydrogen-bond acceptors (Lipinski definition) is 6. The highest BCUT2D eigenvalue weighted by Crippen LogP contribution is 2.30. The van der Waals surface area contributed by atoms with Crippen molar-refractivity contribution in [1.29, 1.82) is 0 Å². The van der Waals surface area contributed by atoms with Crippen LogP contribution in [0.15, 0.2) is 17.5 Å². The lowest BCUT2D eigenvalue weighted by atomic mass is 10.3. The lowest BCUT2D eigenvalue weighted by Crippen LogP contribution is -2.20. The van der Waals surface area contributed by atoms with Crippen LogP contribution in [0, 0.1) is 0 Å². The highest BCUT2D eigenvalue weighted by molar-refractivity contribution is 7.17. The largest absolute Gasteiger partial charge is 0.383 e. The first-order valence-corrected chi connectivity index (χ1v) is 8.32. The fraction of sp³-hybridized carbons (Fsp3) is 0.429. The molecule has 7 heteroatoms. The summed E-state index contributed by atoms with van der Waals surface area (Å²) < 4.78 is 5.10. The van der Waals surface area contributed by atoms with Crippen molar-refractivity contribution in [2.75, 3.05) is 19.0 Å². The predicted octanol–water partition coefficient (Wildman–Crippen LogP) is 2.95. The number of aromatic nitrogens is 1. The van der Waals surface area contributed by atoms with E-state index < -0.39 is 0 Å². The number of rotatable bonds is 7. The van der Waals surface area contributed by atoms with Crippen LogP contribution >= 0.6 is 22.7 Å². The monoisotopic (exact) mass is 325 g/mol. The molecule has 0 saturated heterocycles. The summed E-state index contributed by atoms with van der Waals surface area (Å²) >= 11 is 3.23. The molecule has 2 heterocycles. The number of hydrogen-bond donors (Lipinski definition) is 2. The molecule has 2 N–H and O–H groups in total. The maximum atomic E-state index is 10.9. The van der Waals surface area contributed by atoms with Crippen LogP contribution in [0.25, 0.3) is 10.6 Å². The molecule has 0 saturated carbocycles. The molecule has 1 amide bonds. The van der Waals surface area contributed by atoms with E-state index in [4.69, 9.17) is 4.74 Å². The van der Waals surface area contributed by atoms with Gasteiger partial charge in [0.25, 0.3) is 0 Å². The van der Waals surface area contributed by atoms with Crippen LogP contribution < -0.4 is 10.6 Å². The Morgan fingerprint density at radius 2 is 2.29 bits per heavy atom. The van der Waals surface area contributed by atoms with E-state index in [1.165, 1.54) is 6.92 Å². The first kappa shape index (κ1) is 15.9. The van der Waals surface area contributed by atoms with Crippen LogP contribution in [0.4, 0.5) is 5.13 Å². The number of carbonyl (C=O) groups is 1. The summed E-state index contributed by atoms with van der Waals surface area (Å²) in [5.74, 6) is -0.0165. The third-order valence-electron chi connectivity index (χ3n) is 2.72. The minimum atomic E-state index is -0.0165. The number of thiazole rings is 1. The van der Waals surface area contributed by atoms with Crippen LogP contribution in [-0.2, 0) is 16.1 Å². The highest BCUT2D eigenvalue weighted by Gasteiger charge is 2.09. The molecule has 0 spiro atoms. The minimum absolute atomic E-state index is 0.0165. The molecule has 2 aromatic heterocycles. The van der Waals surface area contributed by atoms with E-state index in [-0.39, 0.29) is 11.9 Å². The zero-order valence-electron chi connectivity index (χ0n) is 12.3. The minimum Gasteiger partial charge on any atom is -0.383 e. The van der Waals surface area contributed by atoms with Crippen LogP contribution in [0.2, 0.25) is 0 Å². The summed E-state index contributed by atoms with van der Waals surface area (Å²) in [5, 5.41) is 9.04. The maximum absolute atomic E-state index is 10.9. The van der Waals surface area contributed by atoms with Crippen LogP contribution in [-0.4, -0.2) is 30.6 Å². The molecule has 0 aromatic carbocycles. The van der Waals surface area contributed by atoms with Gasteiger partial charge in [-0.25, -0.2) is 4.98 Å². The summed E-state index contributed by atoms with van der Waals surface area (Å²) in [6.45, 7) is 4.80. The molecule has 0 bridgehead atoms. The van der Waals surface area contributed by atoms with Crippen molar-refractivity contribution in [3.05, 3.63) is 22.4 Å². The molecule has 0 aliphatic heterocycles. The van der Waals surface area contributed by atoms with Gasteiger partial charge in [0.05, 0.1) is 23.7 Å². The van der Waals surface area contributed by atoms with Crippen molar-refractivity contribution in [2.24, 2.45) is 0 Å². The van der Waals surface area contributed by atoms with Gasteiger partial charge in [-0.1, -0.05) is 0 Å². The summed E-state index contributed by atoms with van der Waals surface area (Å²) in [6.07, 6.45) is 0. The molecule has 1 atom stereocenters. The average Bonchev–Trinajstić information content (AvgIpc) is 3.05. The van der Waals surface area contributed by atoms with E-state index >= 15 is 0 Å². The smallest absolute Gasteiger partial charge is 0.217 e. The molecule has 0 radical (unpaired) electrons. The fourth-order valence-corrected chi connectivity index (χ4v) is 3.58. The number of amides is 1. The molecular formula is C14H19N3O2S2. The number of methoxy groups -OCH3 is 1. The van der Waals surface area contributed by atoms with E-state index in [1.54, 1.807) is 29.8 Å². The van der Waals surface area contributed by atoms with Crippen molar-refractivity contribution in [3.63, 3.8) is 0 Å². The maximum Gasteiger partial charge on any atom is 0.217 e. The van der Waals surface area contributed by atoms with Gasteiger partial charge in [-0.05, 0) is 19.1 Å². The Hall–Kier alpha value is -1.44. The number of nitrogens with zero attached hydrogens (tertiary/aromatic N) is 1. The van der Waals surface area contributed by atoms with Crippen molar-refractivity contribution < 1.29 is 9.53 Å². The Morgan fingerprint density at radius 1 is 1.48 bits per heavy atom. The number of ether oxygens (including phenoxy) is 1. The third-order valence-corrected chi connectivity index (χ3v) is 4.60. The van der Waals surface area contributed by atoms with Crippen LogP contribution in [0.3, 0.4) is 0 Å². The Kier molecular flexibility index (Phi) is 5.72. The number of thiophene rings is 1. The topological polar surface area (TPSA) is 63.2 Å². The summed E-state index contributed by atoms with van der Waals surface area (Å²) in [7, 11) is 1.69. The zero-order valence-corrected chi connectivity index (χ0v) is 13.9. The second-order valence-corrected chi connectivity index (χ2v) is 6.74. The highest BCUT2D eigenvalue weighted by atomic mass is 32.1. The van der Waals surface area contributed by atoms with Gasteiger partial charge in [0.15, 0.2) is 5.13 Å². The van der Waals surface area contributed by atoms with Gasteiger partial charge in [0.2, 0.25) is 5.91 Å². The van der Waals surface area contributed by atoms with Gasteiger partial charge >= 0.3 is 0 Å². The van der Waals surface area contributed by atoms with Crippen molar-refractivity contribution in [2.45, 2.75) is 26.4 Å². The second kappa shape index (κ2) is 7.53. The molecule has 114 valence electrons. The number of carbonyl (C=O) groups excluding carboxylic acids is 1. The Bertz CT molecular complexity index is 595. The van der Waals surface area contributed by atoms with Gasteiger partial charge in [-0.3, -0.25) is 4.79 Å². The Balaban J connectivity index is 1.99. The van der Waals surface area contributed by atoms with E-state index in [2.05, 4.69) is 22.5 Å². The first-order valence-electron chi connectivity index (χ1n) is 6.63. The van der Waals surface area contributed by atoms with Gasteiger partial charge in [0, 0.05) is 30.3 Å². The van der Waals surface area contributed by atoms with Crippen molar-refractivity contribution in [1.82, 2.24) is 10.3 Å². The number of anilines is 1. The third kappa shape index (κ3) is 4.80. The predicted molar refractivity (Wildman–Crippen MR) is 87.9 cm³/mol. The van der Waals surface area contributed by atoms with Gasteiger partial charge < -0.3 is 15.4 Å². The quantitative estimate of drug-likeness (QED) is 0.821. The Morgan fingerprint density at radius 3 is 3.00 bits per heavy atom. The SMILES string of the molecule is COC[C@@H](C)Nc1nc(-c2ccc(CNC(C)=O)s2)cs1. The molecule has 0 aliphatic carbocycles. The normalized spacial score (nSPS) is 12.1. The standard InChI is InChI=1S/C14H19N3O2S2/c1-9(7-19-3)16-14-17-12(8-20-14)13-5-4-11(21-13)6-15-10(2)18/h4-5,8-9H,6-7H2,1-3H3,(H,15,18)(H,16,17)/t9-/m1/s1. The number of nitrogens with one attached hydrogen (secondary N) is 2. The molecule has 0 aliphatic rings. The van der Waals surface area contributed by atoms with Gasteiger partial charge in [-0.15, -0.1) is 22.7 Å². The second-order valence-electron chi connectivity index (χ2n) is 4.71. The lowest BCUT2D eigenvalue weighted by Gasteiger charge is -2.10. The zero-order chi connectivity index (χ0) is 15.2. The molecule has 0 unspecified atom stereocenters. The summed E-state index contributed by atoms with van der Waals surface area (Å²) in [4.78, 5) is 17.7. The molecule has 5 nitrogen and oxygen atoms in total. The fourth-order valence-electron chi connectivity index (χ4n) is 1.78. The molecule has 2 rings (SSSR count). The van der Waals surface area contributed by atoms with Gasteiger partial charge in [-0.2, -0.15) is 0 Å². The Labute approximate surface area is 132 Å². The summed E-state index contributed by atoms with van der Waals surface area (Å²) in [5.41, 5.74) is 0.964. The first-order chi connectivity index (χ1) is 10.1. The van der Waals surface area contributed by atoms with E-state index in [1.807, 2.05) is 17.5 Å². The van der Waals surface area contributed by atoms with Crippen molar-refractivity contribution >= 4 is 33.7 Å². The summed E-state index contributed by atoms with van der Waals surface area (Å²) in [6, 6.07) is 4.29. The molecule has 21 heavy (non-hydrogen) atoms. The molecular weight excluding hydrogens is 306 g/mol. The molecule has 0 fully saturated rings. The lowest BCUT2D eigenvalue weighted by molar-refractivity contribution is -0.119. The van der Waals surface area contributed by atoms with Crippen molar-refractivity contribution in [3.8, 4) is 10.6 Å². The van der Waals surface area contributed by atoms with E-state index in [0.29, 0.717) is 13.2 Å². The van der Waals surface area contributed by atoms with Gasteiger partial charge in [0.1, 0.15) is 0 Å². The van der Waals surface area contributed by atoms with E-state index in [0.717, 1.165) is 20.6 Å². The van der Waals surface area contributed by atoms with Crippen LogP contribution in [0.1, 0.15) is 18.7 Å².